The molecule has 4 rings (SSSR count). The first-order chi connectivity index (χ1) is 14.7. The van der Waals surface area contributed by atoms with Crippen LogP contribution in [0.2, 0.25) is 0 Å². The first-order valence-corrected chi connectivity index (χ1v) is 12.4. The van der Waals surface area contributed by atoms with E-state index in [1.165, 1.54) is 19.2 Å². The zero-order chi connectivity index (χ0) is 22.2. The van der Waals surface area contributed by atoms with Gasteiger partial charge in [-0.1, -0.05) is 51.7 Å². The van der Waals surface area contributed by atoms with E-state index in [1.807, 2.05) is 6.92 Å². The van der Waals surface area contributed by atoms with Gasteiger partial charge in [0.25, 0.3) is 20.0 Å². The second kappa shape index (κ2) is 7.99. The van der Waals surface area contributed by atoms with Gasteiger partial charge in [-0.25, -0.2) is 16.8 Å². The van der Waals surface area contributed by atoms with Crippen LogP contribution >= 0.6 is 0 Å². The number of hydrogen-bond donors (Lipinski definition) is 0. The number of rotatable bonds is 6. The summed E-state index contributed by atoms with van der Waals surface area (Å²) in [6.45, 7) is 1.82. The Hall–Kier alpha value is -2.88. The molecular formula is C22H21NO6S2. The maximum atomic E-state index is 13.3. The lowest BCUT2D eigenvalue weighted by molar-refractivity contribution is 0.157. The molecule has 1 aliphatic heterocycles. The Morgan fingerprint density at radius 2 is 1.45 bits per heavy atom. The van der Waals surface area contributed by atoms with Gasteiger partial charge in [0, 0.05) is 0 Å². The SMILES string of the molecule is COc1ccc([C@@H]2[C@H](Oc3ccccc3)S(=O)(=O)N2S(=O)(=O)c2ccc(C)cc2)cc1. The van der Waals surface area contributed by atoms with Gasteiger partial charge >= 0.3 is 0 Å². The van der Waals surface area contributed by atoms with Crippen LogP contribution in [0.4, 0.5) is 0 Å². The molecule has 31 heavy (non-hydrogen) atoms. The van der Waals surface area contributed by atoms with Crippen LogP contribution in [0.1, 0.15) is 17.2 Å². The van der Waals surface area contributed by atoms with E-state index in [9.17, 15) is 16.8 Å². The molecule has 0 unspecified atom stereocenters. The third-order valence-electron chi connectivity index (χ3n) is 5.04. The summed E-state index contributed by atoms with van der Waals surface area (Å²) in [5.74, 6) is 0.904. The second-order valence-electron chi connectivity index (χ2n) is 7.11. The molecule has 0 spiro atoms. The molecule has 1 fully saturated rings. The summed E-state index contributed by atoms with van der Waals surface area (Å²) in [5.41, 5.74) is -0.0434. The summed E-state index contributed by atoms with van der Waals surface area (Å²) in [6, 6.07) is 20.0. The van der Waals surface area contributed by atoms with Gasteiger partial charge in [-0.05, 0) is 48.9 Å². The third kappa shape index (κ3) is 3.80. The fourth-order valence-electron chi connectivity index (χ4n) is 3.40. The monoisotopic (exact) mass is 459 g/mol. The molecule has 0 aromatic heterocycles. The molecule has 162 valence electrons. The average molecular weight is 460 g/mol. The molecule has 0 saturated carbocycles. The van der Waals surface area contributed by atoms with E-state index in [-0.39, 0.29) is 4.90 Å². The fraction of sp³-hybridized carbons (Fsp3) is 0.182. The standard InChI is InChI=1S/C22H21NO6S2/c1-16-8-14-20(15-9-16)30(24,25)23-21(17-10-12-18(28-2)13-11-17)22(31(23,26)27)29-19-6-4-3-5-7-19/h3-15,21-22H,1-2H3/t21-,22-/m1/s1. The lowest BCUT2D eigenvalue weighted by Crippen LogP contribution is -2.62. The summed E-state index contributed by atoms with van der Waals surface area (Å²) < 4.78 is 64.4. The smallest absolute Gasteiger partial charge is 0.268 e. The van der Waals surface area contributed by atoms with Crippen LogP contribution < -0.4 is 9.47 Å². The number of sulfonamides is 2. The molecule has 0 radical (unpaired) electrons. The fourth-order valence-corrected chi connectivity index (χ4v) is 7.70. The Balaban J connectivity index is 1.79. The molecule has 1 heterocycles. The predicted octanol–water partition coefficient (Wildman–Crippen LogP) is 3.48. The number of ether oxygens (including phenoxy) is 2. The molecule has 0 amide bonds. The van der Waals surface area contributed by atoms with E-state index in [2.05, 4.69) is 0 Å². The van der Waals surface area contributed by atoms with Crippen molar-refractivity contribution in [3.8, 4) is 11.5 Å². The van der Waals surface area contributed by atoms with Crippen molar-refractivity contribution in [2.45, 2.75) is 23.3 Å². The van der Waals surface area contributed by atoms with Crippen molar-refractivity contribution in [3.63, 3.8) is 0 Å². The summed E-state index contributed by atoms with van der Waals surface area (Å²) >= 11 is 0. The van der Waals surface area contributed by atoms with Crippen molar-refractivity contribution in [1.82, 2.24) is 3.71 Å². The minimum Gasteiger partial charge on any atom is -0.497 e. The van der Waals surface area contributed by atoms with Gasteiger partial charge in [0.1, 0.15) is 17.5 Å². The van der Waals surface area contributed by atoms with Crippen LogP contribution in [-0.4, -0.2) is 33.1 Å². The highest BCUT2D eigenvalue weighted by Gasteiger charge is 2.62. The molecule has 7 nitrogen and oxygen atoms in total. The van der Waals surface area contributed by atoms with E-state index in [4.69, 9.17) is 9.47 Å². The van der Waals surface area contributed by atoms with Gasteiger partial charge in [0.15, 0.2) is 0 Å². The Morgan fingerprint density at radius 3 is 2.03 bits per heavy atom. The first kappa shape index (κ1) is 21.4. The van der Waals surface area contributed by atoms with Crippen LogP contribution in [0.3, 0.4) is 0 Å². The highest BCUT2D eigenvalue weighted by atomic mass is 32.3. The van der Waals surface area contributed by atoms with Gasteiger partial charge < -0.3 is 9.47 Å². The van der Waals surface area contributed by atoms with Crippen LogP contribution in [0.15, 0.2) is 83.8 Å². The Bertz CT molecular complexity index is 1270. The van der Waals surface area contributed by atoms with E-state index in [0.29, 0.717) is 20.8 Å². The topological polar surface area (TPSA) is 90.0 Å². The van der Waals surface area contributed by atoms with Gasteiger partial charge in [0.2, 0.25) is 5.44 Å². The lowest BCUT2D eigenvalue weighted by atomic mass is 10.1. The predicted molar refractivity (Wildman–Crippen MR) is 116 cm³/mol. The van der Waals surface area contributed by atoms with Crippen LogP contribution in [0.5, 0.6) is 11.5 Å². The summed E-state index contributed by atoms with van der Waals surface area (Å²) in [4.78, 5) is -0.0988. The van der Waals surface area contributed by atoms with E-state index < -0.39 is 31.5 Å². The molecule has 2 atom stereocenters. The first-order valence-electron chi connectivity index (χ1n) is 9.46. The van der Waals surface area contributed by atoms with Crippen molar-refractivity contribution in [3.05, 3.63) is 90.0 Å². The molecule has 1 aliphatic rings. The highest BCUT2D eigenvalue weighted by molar-refractivity contribution is 8.05. The third-order valence-corrected chi connectivity index (χ3v) is 9.49. The van der Waals surface area contributed by atoms with E-state index >= 15 is 0 Å². The zero-order valence-corrected chi connectivity index (χ0v) is 18.5. The molecule has 3 aromatic rings. The second-order valence-corrected chi connectivity index (χ2v) is 11.0. The lowest BCUT2D eigenvalue weighted by Gasteiger charge is -2.44. The van der Waals surface area contributed by atoms with Crippen LogP contribution in [0.25, 0.3) is 0 Å². The highest BCUT2D eigenvalue weighted by Crippen LogP contribution is 2.47. The van der Waals surface area contributed by atoms with Crippen molar-refractivity contribution in [2.24, 2.45) is 0 Å². The van der Waals surface area contributed by atoms with Gasteiger partial charge in [-0.15, -0.1) is 0 Å². The Morgan fingerprint density at radius 1 is 0.839 bits per heavy atom. The molecule has 0 aliphatic carbocycles. The van der Waals surface area contributed by atoms with Gasteiger partial charge in [-0.2, -0.15) is 0 Å². The maximum Gasteiger partial charge on any atom is 0.268 e. The normalized spacial score (nSPS) is 20.6. The quantitative estimate of drug-likeness (QED) is 0.561. The Kier molecular flexibility index (Phi) is 5.50. The summed E-state index contributed by atoms with van der Waals surface area (Å²) in [5, 5.41) is 0. The van der Waals surface area contributed by atoms with Crippen molar-refractivity contribution >= 4 is 20.0 Å². The summed E-state index contributed by atoms with van der Waals surface area (Å²) in [6.07, 6.45) is 0. The Labute approximate surface area is 182 Å². The number of hydrogen-bond acceptors (Lipinski definition) is 6. The number of aryl methyl sites for hydroxylation is 1. The average Bonchev–Trinajstić information content (AvgIpc) is 2.76. The minimum atomic E-state index is -4.33. The van der Waals surface area contributed by atoms with Crippen LogP contribution in [0, 0.1) is 6.92 Å². The molecule has 3 aromatic carbocycles. The minimum absolute atomic E-state index is 0.0988. The van der Waals surface area contributed by atoms with Crippen molar-refractivity contribution < 1.29 is 26.3 Å². The summed E-state index contributed by atoms with van der Waals surface area (Å²) in [7, 11) is -7.12. The molecule has 1 saturated heterocycles. The molecule has 0 N–H and O–H groups in total. The maximum absolute atomic E-state index is 13.3. The molecule has 9 heteroatoms. The van der Waals surface area contributed by atoms with E-state index in [1.54, 1.807) is 66.7 Å². The number of para-hydroxylation sites is 1. The van der Waals surface area contributed by atoms with Gasteiger partial charge in [0.05, 0.1) is 12.0 Å². The number of benzene rings is 3. The van der Waals surface area contributed by atoms with Crippen molar-refractivity contribution in [2.75, 3.05) is 7.11 Å². The van der Waals surface area contributed by atoms with Crippen molar-refractivity contribution in [1.29, 1.82) is 0 Å². The van der Waals surface area contributed by atoms with Gasteiger partial charge in [-0.3, -0.25) is 0 Å². The molecular weight excluding hydrogens is 438 g/mol. The number of methoxy groups -OCH3 is 1. The number of nitrogens with zero attached hydrogens (tertiary/aromatic N) is 1. The van der Waals surface area contributed by atoms with Crippen LogP contribution in [-0.2, 0) is 20.0 Å². The van der Waals surface area contributed by atoms with E-state index in [0.717, 1.165) is 5.56 Å². The largest absolute Gasteiger partial charge is 0.497 e. The molecule has 0 bridgehead atoms. The zero-order valence-electron chi connectivity index (χ0n) is 16.9.